The van der Waals surface area contributed by atoms with Crippen LogP contribution in [-0.4, -0.2) is 19.1 Å². The van der Waals surface area contributed by atoms with Crippen LogP contribution >= 0.6 is 0 Å². The number of methoxy groups -OCH3 is 1. The molecule has 8 heteroatoms. The van der Waals surface area contributed by atoms with E-state index in [9.17, 15) is 14.0 Å². The summed E-state index contributed by atoms with van der Waals surface area (Å²) in [6, 6.07) is 19.5. The lowest BCUT2D eigenvalue weighted by Gasteiger charge is -2.28. The smallest absolute Gasteiger partial charge is 0.338 e. The average Bonchev–Trinajstić information content (AvgIpc) is 2.87. The standard InChI is InChI=1S/C27H25FN2O5/c1-17-24(26(31)35-15-18-8-4-3-5-9-18)25(30-27(32)29-17)19-12-13-22(23(14-19)33-2)34-16-20-10-6-7-11-21(20)28/h3-14,25H,15-16H2,1-2H3,(H2,29,30,32). The van der Waals surface area contributed by atoms with Gasteiger partial charge in [-0.3, -0.25) is 0 Å². The maximum Gasteiger partial charge on any atom is 0.338 e. The Morgan fingerprint density at radius 1 is 0.971 bits per heavy atom. The molecule has 1 unspecified atom stereocenters. The van der Waals surface area contributed by atoms with Gasteiger partial charge in [-0.15, -0.1) is 0 Å². The molecule has 180 valence electrons. The Morgan fingerprint density at radius 2 is 1.71 bits per heavy atom. The summed E-state index contributed by atoms with van der Waals surface area (Å²) in [5.74, 6) is -0.141. The van der Waals surface area contributed by atoms with Gasteiger partial charge in [-0.1, -0.05) is 54.6 Å². The molecule has 2 amide bonds. The molecule has 1 atom stereocenters. The van der Waals surface area contributed by atoms with Crippen molar-refractivity contribution in [2.75, 3.05) is 7.11 Å². The van der Waals surface area contributed by atoms with Crippen molar-refractivity contribution in [3.8, 4) is 11.5 Å². The first-order valence-corrected chi connectivity index (χ1v) is 11.0. The van der Waals surface area contributed by atoms with Crippen LogP contribution in [0.4, 0.5) is 9.18 Å². The van der Waals surface area contributed by atoms with Crippen molar-refractivity contribution < 1.29 is 28.2 Å². The first-order chi connectivity index (χ1) is 17.0. The van der Waals surface area contributed by atoms with Gasteiger partial charge in [-0.25, -0.2) is 14.0 Å². The maximum absolute atomic E-state index is 13.9. The number of hydrogen-bond donors (Lipinski definition) is 2. The van der Waals surface area contributed by atoms with Crippen LogP contribution in [0.5, 0.6) is 11.5 Å². The molecule has 0 aliphatic carbocycles. The summed E-state index contributed by atoms with van der Waals surface area (Å²) < 4.78 is 30.7. The molecule has 1 aliphatic heterocycles. The van der Waals surface area contributed by atoms with Crippen LogP contribution < -0.4 is 20.1 Å². The van der Waals surface area contributed by atoms with Crippen LogP contribution in [0.25, 0.3) is 0 Å². The van der Waals surface area contributed by atoms with Gasteiger partial charge in [0.15, 0.2) is 11.5 Å². The van der Waals surface area contributed by atoms with Crippen LogP contribution in [0.15, 0.2) is 84.1 Å². The Labute approximate surface area is 202 Å². The second-order valence-corrected chi connectivity index (χ2v) is 7.92. The fraction of sp³-hybridized carbons (Fsp3) is 0.185. The summed E-state index contributed by atoms with van der Waals surface area (Å²) in [4.78, 5) is 25.2. The second-order valence-electron chi connectivity index (χ2n) is 7.92. The van der Waals surface area contributed by atoms with E-state index in [0.29, 0.717) is 28.3 Å². The summed E-state index contributed by atoms with van der Waals surface area (Å²) in [5, 5.41) is 5.40. The van der Waals surface area contributed by atoms with Gasteiger partial charge in [0, 0.05) is 11.3 Å². The number of esters is 1. The molecule has 2 N–H and O–H groups in total. The zero-order chi connectivity index (χ0) is 24.8. The van der Waals surface area contributed by atoms with E-state index in [-0.39, 0.29) is 24.6 Å². The molecule has 7 nitrogen and oxygen atoms in total. The number of carbonyl (C=O) groups excluding carboxylic acids is 2. The number of hydrogen-bond acceptors (Lipinski definition) is 5. The Balaban J connectivity index is 1.56. The highest BCUT2D eigenvalue weighted by molar-refractivity contribution is 5.95. The highest BCUT2D eigenvalue weighted by atomic mass is 19.1. The van der Waals surface area contributed by atoms with Crippen molar-refractivity contribution in [1.82, 2.24) is 10.6 Å². The minimum absolute atomic E-state index is 0.0164. The minimum atomic E-state index is -0.762. The van der Waals surface area contributed by atoms with Gasteiger partial charge in [0.1, 0.15) is 19.0 Å². The zero-order valence-corrected chi connectivity index (χ0v) is 19.3. The molecule has 3 aromatic rings. The zero-order valence-electron chi connectivity index (χ0n) is 19.3. The number of ether oxygens (including phenoxy) is 3. The number of rotatable bonds is 8. The van der Waals surface area contributed by atoms with Crippen molar-refractivity contribution in [3.63, 3.8) is 0 Å². The summed E-state index contributed by atoms with van der Waals surface area (Å²) in [5.41, 5.74) is 2.53. The van der Waals surface area contributed by atoms with Gasteiger partial charge in [0.2, 0.25) is 0 Å². The number of amides is 2. The molecule has 0 radical (unpaired) electrons. The fourth-order valence-electron chi connectivity index (χ4n) is 3.77. The average molecular weight is 477 g/mol. The highest BCUT2D eigenvalue weighted by Crippen LogP contribution is 2.35. The molecule has 0 aromatic heterocycles. The van der Waals surface area contributed by atoms with Gasteiger partial charge < -0.3 is 24.8 Å². The van der Waals surface area contributed by atoms with Crippen molar-refractivity contribution in [2.45, 2.75) is 26.2 Å². The molecule has 0 spiro atoms. The predicted molar refractivity (Wildman–Crippen MR) is 127 cm³/mol. The lowest BCUT2D eigenvalue weighted by atomic mass is 9.95. The summed E-state index contributed by atoms with van der Waals surface area (Å²) in [6.07, 6.45) is 0. The van der Waals surface area contributed by atoms with Crippen molar-refractivity contribution in [2.24, 2.45) is 0 Å². The molecule has 0 bridgehead atoms. The number of nitrogens with one attached hydrogen (secondary N) is 2. The Bertz CT molecular complexity index is 1260. The number of urea groups is 1. The Morgan fingerprint density at radius 3 is 2.46 bits per heavy atom. The third-order valence-corrected chi connectivity index (χ3v) is 5.56. The SMILES string of the molecule is COc1cc(C2NC(=O)NC(C)=C2C(=O)OCc2ccccc2)ccc1OCc1ccccc1F. The normalized spacial score (nSPS) is 15.2. The van der Waals surface area contributed by atoms with E-state index >= 15 is 0 Å². The van der Waals surface area contributed by atoms with Crippen LogP contribution in [0.1, 0.15) is 29.7 Å². The molecule has 0 fully saturated rings. The monoisotopic (exact) mass is 476 g/mol. The summed E-state index contributed by atoms with van der Waals surface area (Å²) >= 11 is 0. The Kier molecular flexibility index (Phi) is 7.30. The number of benzene rings is 3. The minimum Gasteiger partial charge on any atom is -0.493 e. The Hall–Kier alpha value is -4.33. The van der Waals surface area contributed by atoms with E-state index in [1.165, 1.54) is 13.2 Å². The molecule has 35 heavy (non-hydrogen) atoms. The lowest BCUT2D eigenvalue weighted by Crippen LogP contribution is -2.45. The molecule has 1 heterocycles. The van der Waals surface area contributed by atoms with Crippen molar-refractivity contribution in [3.05, 3.63) is 107 Å². The largest absolute Gasteiger partial charge is 0.493 e. The topological polar surface area (TPSA) is 85.9 Å². The van der Waals surface area contributed by atoms with Gasteiger partial charge in [0.25, 0.3) is 0 Å². The first-order valence-electron chi connectivity index (χ1n) is 11.0. The summed E-state index contributed by atoms with van der Waals surface area (Å²) in [6.45, 7) is 1.76. The second kappa shape index (κ2) is 10.7. The fourth-order valence-corrected chi connectivity index (χ4v) is 3.77. The first kappa shape index (κ1) is 23.8. The van der Waals surface area contributed by atoms with E-state index in [1.807, 2.05) is 30.3 Å². The number of carbonyl (C=O) groups is 2. The molecular weight excluding hydrogens is 451 g/mol. The lowest BCUT2D eigenvalue weighted by molar-refractivity contribution is -0.140. The van der Waals surface area contributed by atoms with Crippen molar-refractivity contribution in [1.29, 1.82) is 0 Å². The van der Waals surface area contributed by atoms with Crippen molar-refractivity contribution >= 4 is 12.0 Å². The quantitative estimate of drug-likeness (QED) is 0.457. The predicted octanol–water partition coefficient (Wildman–Crippen LogP) is 4.78. The number of allylic oxidation sites excluding steroid dienone is 1. The molecule has 0 saturated carbocycles. The van der Waals surface area contributed by atoms with Crippen LogP contribution in [-0.2, 0) is 22.7 Å². The van der Waals surface area contributed by atoms with E-state index < -0.39 is 18.0 Å². The van der Waals surface area contributed by atoms with Gasteiger partial charge in [-0.2, -0.15) is 0 Å². The van der Waals surface area contributed by atoms with Gasteiger partial charge in [0.05, 0.1) is 18.7 Å². The van der Waals surface area contributed by atoms with Crippen LogP contribution in [0.3, 0.4) is 0 Å². The molecule has 0 saturated heterocycles. The third-order valence-electron chi connectivity index (χ3n) is 5.56. The van der Waals surface area contributed by atoms with Gasteiger partial charge >= 0.3 is 12.0 Å². The number of halogens is 1. The van der Waals surface area contributed by atoms with Crippen LogP contribution in [0, 0.1) is 5.82 Å². The highest BCUT2D eigenvalue weighted by Gasteiger charge is 2.32. The van der Waals surface area contributed by atoms with Crippen LogP contribution in [0.2, 0.25) is 0 Å². The van der Waals surface area contributed by atoms with Gasteiger partial charge in [-0.05, 0) is 36.2 Å². The molecular formula is C27H25FN2O5. The maximum atomic E-state index is 13.9. The molecule has 4 rings (SSSR count). The molecule has 1 aliphatic rings. The van der Waals surface area contributed by atoms with E-state index in [4.69, 9.17) is 14.2 Å². The van der Waals surface area contributed by atoms with E-state index in [0.717, 1.165) is 5.56 Å². The third kappa shape index (κ3) is 5.60. The summed E-state index contributed by atoms with van der Waals surface area (Å²) in [7, 11) is 1.48. The van der Waals surface area contributed by atoms with E-state index in [1.54, 1.807) is 43.3 Å². The molecule has 3 aromatic carbocycles. The van der Waals surface area contributed by atoms with E-state index in [2.05, 4.69) is 10.6 Å².